The minimum absolute atomic E-state index is 0.250. The summed E-state index contributed by atoms with van der Waals surface area (Å²) < 4.78 is 0. The number of fused-ring (bicyclic) bond motifs is 1. The Bertz CT molecular complexity index is 497. The quantitative estimate of drug-likeness (QED) is 0.909. The van der Waals surface area contributed by atoms with Crippen LogP contribution in [0, 0.1) is 0 Å². The van der Waals surface area contributed by atoms with Crippen molar-refractivity contribution in [3.05, 3.63) is 23.3 Å². The predicted molar refractivity (Wildman–Crippen MR) is 76.0 cm³/mol. The molecular formula is C15H22N4O. The Morgan fingerprint density at radius 2 is 2.45 bits per heavy atom. The molecule has 0 aromatic carbocycles. The fourth-order valence-electron chi connectivity index (χ4n) is 2.99. The SMILES string of the molecule is CCCC(=O)N1CCc2nc([C@@H]3CCCN3)ncc2C1. The minimum Gasteiger partial charge on any atom is -0.338 e. The van der Waals surface area contributed by atoms with Gasteiger partial charge in [-0.15, -0.1) is 0 Å². The van der Waals surface area contributed by atoms with Gasteiger partial charge in [0, 0.05) is 37.7 Å². The van der Waals surface area contributed by atoms with Crippen LogP contribution in [-0.4, -0.2) is 33.9 Å². The van der Waals surface area contributed by atoms with Gasteiger partial charge in [0.1, 0.15) is 5.82 Å². The summed E-state index contributed by atoms with van der Waals surface area (Å²) in [6, 6.07) is 0.319. The van der Waals surface area contributed by atoms with E-state index in [9.17, 15) is 4.79 Å². The molecule has 1 aromatic rings. The summed E-state index contributed by atoms with van der Waals surface area (Å²) in [5.74, 6) is 1.18. The smallest absolute Gasteiger partial charge is 0.222 e. The van der Waals surface area contributed by atoms with E-state index in [-0.39, 0.29) is 5.91 Å². The Labute approximate surface area is 119 Å². The zero-order valence-corrected chi connectivity index (χ0v) is 12.1. The average Bonchev–Trinajstić information content (AvgIpc) is 3.00. The first kappa shape index (κ1) is 13.5. The van der Waals surface area contributed by atoms with Crippen LogP contribution >= 0.6 is 0 Å². The molecular weight excluding hydrogens is 252 g/mol. The molecule has 1 N–H and O–H groups in total. The summed E-state index contributed by atoms with van der Waals surface area (Å²) in [5.41, 5.74) is 2.24. The van der Waals surface area contributed by atoms with Gasteiger partial charge in [-0.05, 0) is 25.8 Å². The number of carbonyl (C=O) groups is 1. The van der Waals surface area contributed by atoms with E-state index in [1.807, 2.05) is 18.0 Å². The molecule has 0 bridgehead atoms. The van der Waals surface area contributed by atoms with Gasteiger partial charge in [0.15, 0.2) is 0 Å². The van der Waals surface area contributed by atoms with Gasteiger partial charge >= 0.3 is 0 Å². The van der Waals surface area contributed by atoms with Gasteiger partial charge in [0.25, 0.3) is 0 Å². The van der Waals surface area contributed by atoms with Gasteiger partial charge in [0.2, 0.25) is 5.91 Å². The number of rotatable bonds is 3. The summed E-state index contributed by atoms with van der Waals surface area (Å²) in [5, 5.41) is 3.43. The molecule has 0 radical (unpaired) electrons. The maximum absolute atomic E-state index is 12.0. The van der Waals surface area contributed by atoms with E-state index in [0.717, 1.165) is 49.4 Å². The van der Waals surface area contributed by atoms with Gasteiger partial charge in [-0.2, -0.15) is 0 Å². The number of carbonyl (C=O) groups excluding carboxylic acids is 1. The molecule has 0 saturated carbocycles. The van der Waals surface area contributed by atoms with Crippen molar-refractivity contribution >= 4 is 5.91 Å². The molecule has 1 fully saturated rings. The third-order valence-corrected chi connectivity index (χ3v) is 4.14. The molecule has 1 amide bonds. The van der Waals surface area contributed by atoms with Crippen molar-refractivity contribution in [3.63, 3.8) is 0 Å². The topological polar surface area (TPSA) is 58.1 Å². The Balaban J connectivity index is 1.73. The van der Waals surface area contributed by atoms with Crippen molar-refractivity contribution in [3.8, 4) is 0 Å². The second-order valence-corrected chi connectivity index (χ2v) is 5.66. The first-order chi connectivity index (χ1) is 9.78. The van der Waals surface area contributed by atoms with E-state index in [2.05, 4.69) is 10.3 Å². The van der Waals surface area contributed by atoms with Crippen LogP contribution in [0.15, 0.2) is 6.20 Å². The van der Waals surface area contributed by atoms with E-state index in [1.54, 1.807) is 0 Å². The molecule has 108 valence electrons. The number of hydrogen-bond donors (Lipinski definition) is 1. The molecule has 1 atom stereocenters. The molecule has 1 saturated heterocycles. The monoisotopic (exact) mass is 274 g/mol. The Kier molecular flexibility index (Phi) is 3.96. The van der Waals surface area contributed by atoms with E-state index in [4.69, 9.17) is 4.98 Å². The predicted octanol–water partition coefficient (Wildman–Crippen LogP) is 1.59. The molecule has 1 aromatic heterocycles. The molecule has 5 heteroatoms. The lowest BCUT2D eigenvalue weighted by Gasteiger charge is -2.28. The van der Waals surface area contributed by atoms with Crippen molar-refractivity contribution in [1.82, 2.24) is 20.2 Å². The van der Waals surface area contributed by atoms with Crippen LogP contribution in [0.2, 0.25) is 0 Å². The minimum atomic E-state index is 0.250. The lowest BCUT2D eigenvalue weighted by Crippen LogP contribution is -2.36. The summed E-state index contributed by atoms with van der Waals surface area (Å²) in [6.45, 7) is 4.57. The Hall–Kier alpha value is -1.49. The Morgan fingerprint density at radius 3 is 3.20 bits per heavy atom. The highest BCUT2D eigenvalue weighted by Crippen LogP contribution is 2.23. The van der Waals surface area contributed by atoms with E-state index in [0.29, 0.717) is 19.0 Å². The molecule has 2 aliphatic rings. The number of hydrogen-bond acceptors (Lipinski definition) is 4. The van der Waals surface area contributed by atoms with E-state index >= 15 is 0 Å². The first-order valence-electron chi connectivity index (χ1n) is 7.63. The molecule has 0 spiro atoms. The van der Waals surface area contributed by atoms with Gasteiger partial charge in [0.05, 0.1) is 11.7 Å². The largest absolute Gasteiger partial charge is 0.338 e. The number of nitrogens with one attached hydrogen (secondary N) is 1. The summed E-state index contributed by atoms with van der Waals surface area (Å²) in [7, 11) is 0. The Morgan fingerprint density at radius 1 is 1.55 bits per heavy atom. The van der Waals surface area contributed by atoms with Crippen LogP contribution in [-0.2, 0) is 17.8 Å². The second-order valence-electron chi connectivity index (χ2n) is 5.66. The molecule has 3 heterocycles. The number of amides is 1. The van der Waals surface area contributed by atoms with Crippen LogP contribution in [0.1, 0.15) is 55.7 Å². The van der Waals surface area contributed by atoms with Crippen LogP contribution in [0.4, 0.5) is 0 Å². The molecule has 3 rings (SSSR count). The summed E-state index contributed by atoms with van der Waals surface area (Å²) in [6.07, 6.45) is 6.64. The second kappa shape index (κ2) is 5.87. The van der Waals surface area contributed by atoms with Crippen LogP contribution < -0.4 is 5.32 Å². The summed E-state index contributed by atoms with van der Waals surface area (Å²) in [4.78, 5) is 23.1. The van der Waals surface area contributed by atoms with Crippen LogP contribution in [0.5, 0.6) is 0 Å². The standard InChI is InChI=1S/C15H22N4O/c1-2-4-14(20)19-8-6-12-11(10-19)9-17-15(18-12)13-5-3-7-16-13/h9,13,16H,2-8,10H2,1H3/t13-/m0/s1. The zero-order valence-electron chi connectivity index (χ0n) is 12.1. The highest BCUT2D eigenvalue weighted by Gasteiger charge is 2.24. The van der Waals surface area contributed by atoms with Crippen LogP contribution in [0.25, 0.3) is 0 Å². The van der Waals surface area contributed by atoms with Gasteiger partial charge in [-0.3, -0.25) is 4.79 Å². The van der Waals surface area contributed by atoms with Gasteiger partial charge in [-0.1, -0.05) is 6.92 Å². The fraction of sp³-hybridized carbons (Fsp3) is 0.667. The van der Waals surface area contributed by atoms with Crippen LogP contribution in [0.3, 0.4) is 0 Å². The third kappa shape index (κ3) is 2.68. The zero-order chi connectivity index (χ0) is 13.9. The summed E-state index contributed by atoms with van der Waals surface area (Å²) >= 11 is 0. The molecule has 20 heavy (non-hydrogen) atoms. The molecule has 0 aliphatic carbocycles. The van der Waals surface area contributed by atoms with E-state index < -0.39 is 0 Å². The highest BCUT2D eigenvalue weighted by atomic mass is 16.2. The number of aromatic nitrogens is 2. The average molecular weight is 274 g/mol. The lowest BCUT2D eigenvalue weighted by atomic mass is 10.1. The molecule has 5 nitrogen and oxygen atoms in total. The lowest BCUT2D eigenvalue weighted by molar-refractivity contribution is -0.132. The van der Waals surface area contributed by atoms with Gasteiger partial charge in [-0.25, -0.2) is 9.97 Å². The van der Waals surface area contributed by atoms with E-state index in [1.165, 1.54) is 6.42 Å². The van der Waals surface area contributed by atoms with Crippen molar-refractivity contribution in [2.75, 3.05) is 13.1 Å². The maximum Gasteiger partial charge on any atom is 0.222 e. The van der Waals surface area contributed by atoms with Crippen molar-refractivity contribution in [2.24, 2.45) is 0 Å². The fourth-order valence-corrected chi connectivity index (χ4v) is 2.99. The molecule has 2 aliphatic heterocycles. The van der Waals surface area contributed by atoms with Crippen molar-refractivity contribution in [1.29, 1.82) is 0 Å². The first-order valence-corrected chi connectivity index (χ1v) is 7.63. The van der Waals surface area contributed by atoms with Gasteiger partial charge < -0.3 is 10.2 Å². The van der Waals surface area contributed by atoms with Crippen molar-refractivity contribution in [2.45, 2.75) is 51.6 Å². The number of nitrogens with zero attached hydrogens (tertiary/aromatic N) is 3. The molecule has 0 unspecified atom stereocenters. The normalized spacial score (nSPS) is 21.9. The highest BCUT2D eigenvalue weighted by molar-refractivity contribution is 5.76. The maximum atomic E-state index is 12.0. The van der Waals surface area contributed by atoms with Crippen molar-refractivity contribution < 1.29 is 4.79 Å². The third-order valence-electron chi connectivity index (χ3n) is 4.14.